The minimum atomic E-state index is -0.565. The Hall–Kier alpha value is -2.67. The molecule has 1 N–H and O–H groups in total. The predicted octanol–water partition coefficient (Wildman–Crippen LogP) is 4.02. The number of aryl methyl sites for hydroxylation is 1. The van der Waals surface area contributed by atoms with E-state index >= 15 is 0 Å². The van der Waals surface area contributed by atoms with E-state index in [1.807, 2.05) is 12.1 Å². The first-order valence-corrected chi connectivity index (χ1v) is 9.52. The summed E-state index contributed by atoms with van der Waals surface area (Å²) in [6, 6.07) is 7.49. The van der Waals surface area contributed by atoms with Crippen LogP contribution in [-0.2, 0) is 16.0 Å². The largest absolute Gasteiger partial charge is 0.484 e. The number of esters is 1. The summed E-state index contributed by atoms with van der Waals surface area (Å²) >= 11 is 1.07. The van der Waals surface area contributed by atoms with Crippen molar-refractivity contribution in [2.24, 2.45) is 0 Å². The molecule has 1 amide bonds. The molecule has 0 aliphatic heterocycles. The lowest BCUT2D eigenvalue weighted by molar-refractivity contribution is -0.118. The third-order valence-electron chi connectivity index (χ3n) is 3.90. The highest BCUT2D eigenvalue weighted by Crippen LogP contribution is 2.34. The molecule has 0 unspecified atom stereocenters. The minimum Gasteiger partial charge on any atom is -0.484 e. The number of hydrogen-bond donors (Lipinski definition) is 1. The maximum atomic E-state index is 12.3. The molecule has 0 aliphatic rings. The first kappa shape index (κ1) is 20.6. The molecule has 144 valence electrons. The number of amides is 1. The van der Waals surface area contributed by atoms with Crippen molar-refractivity contribution in [3.05, 3.63) is 45.8 Å². The molecule has 1 aromatic heterocycles. The van der Waals surface area contributed by atoms with E-state index in [0.29, 0.717) is 21.2 Å². The van der Waals surface area contributed by atoms with Crippen LogP contribution in [-0.4, -0.2) is 30.9 Å². The topological polar surface area (TPSA) is 81.7 Å². The number of hydrogen-bond acceptors (Lipinski definition) is 6. The van der Waals surface area contributed by atoms with Gasteiger partial charge in [0.05, 0.1) is 17.0 Å². The standard InChI is InChI=1S/C20H23NO5S/c1-5-14-7-9-15(10-8-14)26-11-16(23)21-19-17(20(24)25-6-2)12(3)18(27-19)13(4)22/h7-10H,5-6,11H2,1-4H3,(H,21,23). The van der Waals surface area contributed by atoms with Gasteiger partial charge in [0.15, 0.2) is 12.4 Å². The molecular formula is C20H23NO5S. The number of carbonyl (C=O) groups excluding carboxylic acids is 3. The van der Waals surface area contributed by atoms with Crippen LogP contribution < -0.4 is 10.1 Å². The van der Waals surface area contributed by atoms with Gasteiger partial charge in [0.2, 0.25) is 0 Å². The fourth-order valence-corrected chi connectivity index (χ4v) is 3.63. The van der Waals surface area contributed by atoms with Gasteiger partial charge in [0, 0.05) is 0 Å². The minimum absolute atomic E-state index is 0.171. The van der Waals surface area contributed by atoms with Crippen molar-refractivity contribution >= 4 is 34.0 Å². The van der Waals surface area contributed by atoms with E-state index in [2.05, 4.69) is 12.2 Å². The zero-order valence-electron chi connectivity index (χ0n) is 15.9. The monoisotopic (exact) mass is 389 g/mol. The summed E-state index contributed by atoms with van der Waals surface area (Å²) in [5, 5.41) is 2.96. The molecule has 0 saturated carbocycles. The molecule has 2 rings (SSSR count). The lowest BCUT2D eigenvalue weighted by Gasteiger charge is -2.09. The molecule has 2 aromatic rings. The maximum absolute atomic E-state index is 12.3. The summed E-state index contributed by atoms with van der Waals surface area (Å²) < 4.78 is 10.5. The average molecular weight is 389 g/mol. The summed E-state index contributed by atoms with van der Waals surface area (Å²) in [4.78, 5) is 36.7. The molecule has 7 heteroatoms. The SMILES string of the molecule is CCOC(=O)c1c(NC(=O)COc2ccc(CC)cc2)sc(C(C)=O)c1C. The van der Waals surface area contributed by atoms with Crippen LogP contribution in [0.15, 0.2) is 24.3 Å². The summed E-state index contributed by atoms with van der Waals surface area (Å²) in [6.07, 6.45) is 0.924. The zero-order valence-corrected chi connectivity index (χ0v) is 16.7. The lowest BCUT2D eigenvalue weighted by Crippen LogP contribution is -2.21. The van der Waals surface area contributed by atoms with Crippen molar-refractivity contribution < 1.29 is 23.9 Å². The third-order valence-corrected chi connectivity index (χ3v) is 5.21. The van der Waals surface area contributed by atoms with Gasteiger partial charge >= 0.3 is 5.97 Å². The predicted molar refractivity (Wildman–Crippen MR) is 105 cm³/mol. The number of anilines is 1. The van der Waals surface area contributed by atoms with Gasteiger partial charge in [-0.1, -0.05) is 19.1 Å². The quantitative estimate of drug-likeness (QED) is 0.545. The van der Waals surface area contributed by atoms with Crippen LogP contribution in [0, 0.1) is 6.92 Å². The third kappa shape index (κ3) is 5.17. The Labute approximate surface area is 162 Å². The van der Waals surface area contributed by atoms with Gasteiger partial charge in [-0.15, -0.1) is 11.3 Å². The van der Waals surface area contributed by atoms with Gasteiger partial charge in [-0.2, -0.15) is 0 Å². The van der Waals surface area contributed by atoms with E-state index in [1.165, 1.54) is 12.5 Å². The number of ketones is 1. The second kappa shape index (κ2) is 9.32. The number of nitrogens with one attached hydrogen (secondary N) is 1. The van der Waals surface area contributed by atoms with E-state index in [4.69, 9.17) is 9.47 Å². The Morgan fingerprint density at radius 1 is 1.11 bits per heavy atom. The highest BCUT2D eigenvalue weighted by Gasteiger charge is 2.25. The molecule has 0 fully saturated rings. The van der Waals surface area contributed by atoms with Gasteiger partial charge in [-0.3, -0.25) is 9.59 Å². The van der Waals surface area contributed by atoms with Gasteiger partial charge in [-0.25, -0.2) is 4.79 Å². The maximum Gasteiger partial charge on any atom is 0.341 e. The molecular weight excluding hydrogens is 366 g/mol. The number of benzene rings is 1. The van der Waals surface area contributed by atoms with Crippen LogP contribution in [0.5, 0.6) is 5.75 Å². The Balaban J connectivity index is 2.12. The van der Waals surface area contributed by atoms with Gasteiger partial charge in [0.1, 0.15) is 10.8 Å². The molecule has 0 radical (unpaired) electrons. The van der Waals surface area contributed by atoms with Crippen molar-refractivity contribution in [1.29, 1.82) is 0 Å². The molecule has 0 aliphatic carbocycles. The van der Waals surface area contributed by atoms with E-state index in [1.54, 1.807) is 26.0 Å². The van der Waals surface area contributed by atoms with Crippen LogP contribution in [0.3, 0.4) is 0 Å². The van der Waals surface area contributed by atoms with E-state index < -0.39 is 11.9 Å². The number of thiophene rings is 1. The highest BCUT2D eigenvalue weighted by molar-refractivity contribution is 7.18. The van der Waals surface area contributed by atoms with Crippen LogP contribution >= 0.6 is 11.3 Å². The molecule has 27 heavy (non-hydrogen) atoms. The average Bonchev–Trinajstić information content (AvgIpc) is 2.97. The number of carbonyl (C=O) groups is 3. The van der Waals surface area contributed by atoms with Crippen molar-refractivity contribution in [2.75, 3.05) is 18.5 Å². The summed E-state index contributed by atoms with van der Waals surface area (Å²) in [6.45, 7) is 6.83. The number of rotatable bonds is 8. The van der Waals surface area contributed by atoms with Crippen molar-refractivity contribution in [1.82, 2.24) is 0 Å². The Kier molecular flexibility index (Phi) is 7.12. The Morgan fingerprint density at radius 3 is 2.33 bits per heavy atom. The lowest BCUT2D eigenvalue weighted by atomic mass is 10.1. The fraction of sp³-hybridized carbons (Fsp3) is 0.350. The second-order valence-corrected chi connectivity index (χ2v) is 6.89. The normalized spacial score (nSPS) is 10.4. The highest BCUT2D eigenvalue weighted by atomic mass is 32.1. The first-order valence-electron chi connectivity index (χ1n) is 8.70. The van der Waals surface area contributed by atoms with Crippen LogP contribution in [0.4, 0.5) is 5.00 Å². The Morgan fingerprint density at radius 2 is 1.78 bits per heavy atom. The molecule has 0 atom stereocenters. The number of ether oxygens (including phenoxy) is 2. The smallest absolute Gasteiger partial charge is 0.341 e. The van der Waals surface area contributed by atoms with Gasteiger partial charge in [-0.05, 0) is 50.5 Å². The summed E-state index contributed by atoms with van der Waals surface area (Å²) in [5.41, 5.74) is 1.90. The second-order valence-electron chi connectivity index (χ2n) is 5.87. The molecule has 0 bridgehead atoms. The van der Waals surface area contributed by atoms with E-state index in [0.717, 1.165) is 17.8 Å². The van der Waals surface area contributed by atoms with Crippen LogP contribution in [0.2, 0.25) is 0 Å². The number of Topliss-reactive ketones (excluding diaryl/α,β-unsaturated/α-hetero) is 1. The molecule has 6 nitrogen and oxygen atoms in total. The van der Waals surface area contributed by atoms with Crippen molar-refractivity contribution in [3.8, 4) is 5.75 Å². The summed E-state index contributed by atoms with van der Waals surface area (Å²) in [5.74, 6) is -0.572. The van der Waals surface area contributed by atoms with Gasteiger partial charge in [0.25, 0.3) is 5.91 Å². The fourth-order valence-electron chi connectivity index (χ4n) is 2.52. The zero-order chi connectivity index (χ0) is 20.0. The van der Waals surface area contributed by atoms with Crippen LogP contribution in [0.1, 0.15) is 51.9 Å². The van der Waals surface area contributed by atoms with Crippen molar-refractivity contribution in [3.63, 3.8) is 0 Å². The molecule has 0 saturated heterocycles. The molecule has 1 heterocycles. The summed E-state index contributed by atoms with van der Waals surface area (Å²) in [7, 11) is 0. The van der Waals surface area contributed by atoms with Crippen molar-refractivity contribution in [2.45, 2.75) is 34.1 Å². The van der Waals surface area contributed by atoms with E-state index in [9.17, 15) is 14.4 Å². The van der Waals surface area contributed by atoms with Gasteiger partial charge < -0.3 is 14.8 Å². The molecule has 0 spiro atoms. The molecule has 1 aromatic carbocycles. The Bertz CT molecular complexity index is 839. The van der Waals surface area contributed by atoms with Crippen LogP contribution in [0.25, 0.3) is 0 Å². The van der Waals surface area contributed by atoms with E-state index in [-0.39, 0.29) is 24.6 Å². The first-order chi connectivity index (χ1) is 12.9.